The van der Waals surface area contributed by atoms with Crippen molar-refractivity contribution in [2.75, 3.05) is 32.2 Å². The van der Waals surface area contributed by atoms with Gasteiger partial charge in [0.25, 0.3) is 5.56 Å². The average Bonchev–Trinajstić information content (AvgIpc) is 2.37. The van der Waals surface area contributed by atoms with Crippen LogP contribution in [0.3, 0.4) is 0 Å². The predicted molar refractivity (Wildman–Crippen MR) is 70.2 cm³/mol. The van der Waals surface area contributed by atoms with Crippen LogP contribution in [0.4, 0.5) is 5.69 Å². The summed E-state index contributed by atoms with van der Waals surface area (Å²) in [5.41, 5.74) is 0.126. The molecular weight excluding hydrogens is 258 g/mol. The molecule has 1 aromatic heterocycles. The van der Waals surface area contributed by atoms with E-state index in [1.54, 1.807) is 7.11 Å². The number of halogens is 1. The van der Waals surface area contributed by atoms with Crippen molar-refractivity contribution in [2.45, 2.75) is 19.4 Å². The molecule has 0 bridgehead atoms. The number of nitrogens with zero attached hydrogens (tertiary/aromatic N) is 2. The van der Waals surface area contributed by atoms with Crippen LogP contribution in [0.2, 0.25) is 5.02 Å². The van der Waals surface area contributed by atoms with E-state index >= 15 is 0 Å². The average molecular weight is 276 g/mol. The Bertz CT molecular complexity index is 422. The Morgan fingerprint density at radius 3 is 3.00 bits per heavy atom. The van der Waals surface area contributed by atoms with E-state index in [0.717, 1.165) is 17.5 Å². The summed E-state index contributed by atoms with van der Waals surface area (Å²) < 4.78 is 6.07. The maximum Gasteiger partial charge on any atom is 0.287 e. The molecule has 2 N–H and O–H groups in total. The van der Waals surface area contributed by atoms with E-state index in [4.69, 9.17) is 21.4 Å². The van der Waals surface area contributed by atoms with Gasteiger partial charge in [0.1, 0.15) is 5.02 Å². The Hall–Kier alpha value is -1.11. The summed E-state index contributed by atoms with van der Waals surface area (Å²) in [5.74, 6) is 0. The second-order valence-corrected chi connectivity index (χ2v) is 4.13. The van der Waals surface area contributed by atoms with Crippen molar-refractivity contribution >= 4 is 17.3 Å². The third-order valence-electron chi connectivity index (χ3n) is 2.39. The Labute approximate surface area is 111 Å². The van der Waals surface area contributed by atoms with E-state index in [1.165, 1.54) is 6.20 Å². The van der Waals surface area contributed by atoms with Crippen LogP contribution >= 0.6 is 11.6 Å². The summed E-state index contributed by atoms with van der Waals surface area (Å²) >= 11 is 5.93. The number of hydrogen-bond donors (Lipinski definition) is 2. The fourth-order valence-corrected chi connectivity index (χ4v) is 1.65. The normalized spacial score (nSPS) is 10.6. The second-order valence-electron chi connectivity index (χ2n) is 3.75. The van der Waals surface area contributed by atoms with Crippen LogP contribution in [0.25, 0.3) is 0 Å². The number of aromatic nitrogens is 2. The minimum Gasteiger partial charge on any atom is -0.394 e. The smallest absolute Gasteiger partial charge is 0.287 e. The molecule has 0 aliphatic heterocycles. The van der Waals surface area contributed by atoms with Crippen molar-refractivity contribution in [3.05, 3.63) is 21.6 Å². The third kappa shape index (κ3) is 4.29. The molecule has 0 spiro atoms. The highest BCUT2D eigenvalue weighted by atomic mass is 35.5. The SMILES string of the molecule is COCCCCNc1cnn(CCO)c(=O)c1Cl. The van der Waals surface area contributed by atoms with Gasteiger partial charge in [0, 0.05) is 20.3 Å². The van der Waals surface area contributed by atoms with Gasteiger partial charge in [0.05, 0.1) is 25.0 Å². The number of anilines is 1. The zero-order chi connectivity index (χ0) is 13.4. The number of rotatable bonds is 8. The fraction of sp³-hybridized carbons (Fsp3) is 0.636. The molecular formula is C11H18ClN3O3. The van der Waals surface area contributed by atoms with Crippen molar-refractivity contribution in [1.82, 2.24) is 9.78 Å². The highest BCUT2D eigenvalue weighted by Crippen LogP contribution is 2.15. The number of hydrogen-bond acceptors (Lipinski definition) is 5. The Kier molecular flexibility index (Phi) is 6.70. The van der Waals surface area contributed by atoms with Crippen LogP contribution in [-0.4, -0.2) is 41.8 Å². The maximum absolute atomic E-state index is 11.7. The zero-order valence-electron chi connectivity index (χ0n) is 10.4. The number of unbranched alkanes of at least 4 members (excludes halogenated alkanes) is 1. The summed E-state index contributed by atoms with van der Waals surface area (Å²) in [6, 6.07) is 0. The van der Waals surface area contributed by atoms with Gasteiger partial charge in [-0.1, -0.05) is 11.6 Å². The Morgan fingerprint density at radius 1 is 1.56 bits per heavy atom. The van der Waals surface area contributed by atoms with E-state index in [-0.39, 0.29) is 18.2 Å². The first-order chi connectivity index (χ1) is 8.70. The molecule has 0 amide bonds. The molecule has 102 valence electrons. The molecule has 0 unspecified atom stereocenters. The van der Waals surface area contributed by atoms with Gasteiger partial charge in [-0.15, -0.1) is 0 Å². The van der Waals surface area contributed by atoms with Crippen molar-refractivity contribution in [3.8, 4) is 0 Å². The minimum atomic E-state index is -0.396. The number of aliphatic hydroxyl groups excluding tert-OH is 1. The van der Waals surface area contributed by atoms with Gasteiger partial charge in [-0.3, -0.25) is 4.79 Å². The lowest BCUT2D eigenvalue weighted by atomic mass is 10.3. The standard InChI is InChI=1S/C11H18ClN3O3/c1-18-7-3-2-4-13-9-8-14-15(5-6-16)11(17)10(9)12/h8,13,16H,2-7H2,1H3. The molecule has 0 aliphatic rings. The fourth-order valence-electron chi connectivity index (χ4n) is 1.44. The summed E-state index contributed by atoms with van der Waals surface area (Å²) in [5, 5.41) is 15.8. The minimum absolute atomic E-state index is 0.102. The molecule has 0 atom stereocenters. The van der Waals surface area contributed by atoms with Gasteiger partial charge in [-0.05, 0) is 12.8 Å². The summed E-state index contributed by atoms with van der Waals surface area (Å²) in [6.07, 6.45) is 3.36. The molecule has 1 heterocycles. The van der Waals surface area contributed by atoms with Crippen molar-refractivity contribution < 1.29 is 9.84 Å². The topological polar surface area (TPSA) is 76.4 Å². The highest BCUT2D eigenvalue weighted by molar-refractivity contribution is 6.32. The predicted octanol–water partition coefficient (Wildman–Crippen LogP) is 0.727. The molecule has 0 aliphatic carbocycles. The molecule has 6 nitrogen and oxygen atoms in total. The largest absolute Gasteiger partial charge is 0.394 e. The Balaban J connectivity index is 2.57. The van der Waals surface area contributed by atoms with E-state index in [1.807, 2.05) is 0 Å². The number of ether oxygens (including phenoxy) is 1. The number of aliphatic hydroxyl groups is 1. The van der Waals surface area contributed by atoms with Crippen LogP contribution in [0.15, 0.2) is 11.0 Å². The summed E-state index contributed by atoms with van der Waals surface area (Å²) in [6.45, 7) is 1.42. The molecule has 0 aromatic carbocycles. The lowest BCUT2D eigenvalue weighted by molar-refractivity contribution is 0.194. The third-order valence-corrected chi connectivity index (χ3v) is 2.75. The van der Waals surface area contributed by atoms with Gasteiger partial charge in [0.2, 0.25) is 0 Å². The van der Waals surface area contributed by atoms with Crippen molar-refractivity contribution in [2.24, 2.45) is 0 Å². The molecule has 18 heavy (non-hydrogen) atoms. The van der Waals surface area contributed by atoms with Crippen molar-refractivity contribution in [1.29, 1.82) is 0 Å². The van der Waals surface area contributed by atoms with Gasteiger partial charge in [-0.2, -0.15) is 5.10 Å². The van der Waals surface area contributed by atoms with Gasteiger partial charge >= 0.3 is 0 Å². The van der Waals surface area contributed by atoms with Crippen LogP contribution < -0.4 is 10.9 Å². The van der Waals surface area contributed by atoms with Crippen molar-refractivity contribution in [3.63, 3.8) is 0 Å². The van der Waals surface area contributed by atoms with Gasteiger partial charge < -0.3 is 15.2 Å². The zero-order valence-corrected chi connectivity index (χ0v) is 11.1. The quantitative estimate of drug-likeness (QED) is 0.684. The summed E-state index contributed by atoms with van der Waals surface area (Å²) in [4.78, 5) is 11.7. The first kappa shape index (κ1) is 14.9. The van der Waals surface area contributed by atoms with Crippen LogP contribution in [0.5, 0.6) is 0 Å². The molecule has 0 fully saturated rings. The first-order valence-corrected chi connectivity index (χ1v) is 6.17. The monoisotopic (exact) mass is 275 g/mol. The number of methoxy groups -OCH3 is 1. The molecule has 1 rings (SSSR count). The molecule has 0 saturated heterocycles. The van der Waals surface area contributed by atoms with E-state index in [0.29, 0.717) is 18.8 Å². The van der Waals surface area contributed by atoms with Crippen LogP contribution in [0.1, 0.15) is 12.8 Å². The first-order valence-electron chi connectivity index (χ1n) is 5.80. The molecule has 1 aromatic rings. The molecule has 7 heteroatoms. The number of nitrogens with one attached hydrogen (secondary N) is 1. The second kappa shape index (κ2) is 8.07. The molecule has 0 saturated carbocycles. The maximum atomic E-state index is 11.7. The highest BCUT2D eigenvalue weighted by Gasteiger charge is 2.08. The lowest BCUT2D eigenvalue weighted by Gasteiger charge is -2.09. The van der Waals surface area contributed by atoms with Gasteiger partial charge in [0.15, 0.2) is 0 Å². The summed E-state index contributed by atoms with van der Waals surface area (Å²) in [7, 11) is 1.66. The van der Waals surface area contributed by atoms with E-state index < -0.39 is 5.56 Å². The lowest BCUT2D eigenvalue weighted by Crippen LogP contribution is -2.25. The van der Waals surface area contributed by atoms with Gasteiger partial charge in [-0.25, -0.2) is 4.68 Å². The van der Waals surface area contributed by atoms with Crippen LogP contribution in [-0.2, 0) is 11.3 Å². The Morgan fingerprint density at radius 2 is 2.33 bits per heavy atom. The van der Waals surface area contributed by atoms with Crippen LogP contribution in [0, 0.1) is 0 Å². The van der Waals surface area contributed by atoms with E-state index in [9.17, 15) is 4.79 Å². The van der Waals surface area contributed by atoms with E-state index in [2.05, 4.69) is 10.4 Å². The molecule has 0 radical (unpaired) electrons.